The van der Waals surface area contributed by atoms with Gasteiger partial charge in [0.25, 0.3) is 0 Å². The monoisotopic (exact) mass is 294 g/mol. The maximum atomic E-state index is 13.6. The molecule has 0 aliphatic heterocycles. The number of amides is 2. The van der Waals surface area contributed by atoms with E-state index < -0.39 is 0 Å². The standard InChI is InChI=1S/C16H23FN2O2/c1-12(2)8-9-18-16(21)11-19(13(3)20)10-14-6-4-5-7-15(14)17/h4-7,12H,8-11H2,1-3H3,(H,18,21). The van der Waals surface area contributed by atoms with Gasteiger partial charge in [-0.15, -0.1) is 0 Å². The summed E-state index contributed by atoms with van der Waals surface area (Å²) in [5.41, 5.74) is 0.405. The van der Waals surface area contributed by atoms with Crippen molar-refractivity contribution in [2.45, 2.75) is 33.7 Å². The lowest BCUT2D eigenvalue weighted by Crippen LogP contribution is -2.39. The molecule has 1 aromatic carbocycles. The summed E-state index contributed by atoms with van der Waals surface area (Å²) >= 11 is 0. The van der Waals surface area contributed by atoms with Crippen LogP contribution in [0.5, 0.6) is 0 Å². The van der Waals surface area contributed by atoms with Gasteiger partial charge in [-0.25, -0.2) is 4.39 Å². The van der Waals surface area contributed by atoms with Crippen molar-refractivity contribution in [2.75, 3.05) is 13.1 Å². The molecule has 0 aliphatic carbocycles. The SMILES string of the molecule is CC(=O)N(CC(=O)NCCC(C)C)Cc1ccccc1F. The predicted octanol–water partition coefficient (Wildman–Crippen LogP) is 2.34. The maximum absolute atomic E-state index is 13.6. The molecule has 0 fully saturated rings. The summed E-state index contributed by atoms with van der Waals surface area (Å²) in [4.78, 5) is 24.8. The van der Waals surface area contributed by atoms with E-state index in [2.05, 4.69) is 19.2 Å². The number of carbonyl (C=O) groups excluding carboxylic acids is 2. The molecule has 0 saturated heterocycles. The number of hydrogen-bond donors (Lipinski definition) is 1. The minimum Gasteiger partial charge on any atom is -0.355 e. The Hall–Kier alpha value is -1.91. The van der Waals surface area contributed by atoms with Gasteiger partial charge in [-0.3, -0.25) is 9.59 Å². The Morgan fingerprint density at radius 2 is 1.95 bits per heavy atom. The van der Waals surface area contributed by atoms with Crippen molar-refractivity contribution in [3.05, 3.63) is 35.6 Å². The Bertz CT molecular complexity index is 489. The third-order valence-corrected chi connectivity index (χ3v) is 3.14. The van der Waals surface area contributed by atoms with Crippen molar-refractivity contribution >= 4 is 11.8 Å². The van der Waals surface area contributed by atoms with Gasteiger partial charge in [-0.1, -0.05) is 32.0 Å². The molecule has 116 valence electrons. The Morgan fingerprint density at radius 1 is 1.29 bits per heavy atom. The molecule has 0 heterocycles. The zero-order chi connectivity index (χ0) is 15.8. The number of benzene rings is 1. The Labute approximate surface area is 125 Å². The number of rotatable bonds is 7. The minimum absolute atomic E-state index is 0.0538. The normalized spacial score (nSPS) is 10.5. The van der Waals surface area contributed by atoms with Crippen LogP contribution in [0.3, 0.4) is 0 Å². The van der Waals surface area contributed by atoms with E-state index in [1.165, 1.54) is 17.9 Å². The predicted molar refractivity (Wildman–Crippen MR) is 80.0 cm³/mol. The molecule has 21 heavy (non-hydrogen) atoms. The smallest absolute Gasteiger partial charge is 0.239 e. The summed E-state index contributed by atoms with van der Waals surface area (Å²) in [7, 11) is 0. The Balaban J connectivity index is 2.56. The lowest BCUT2D eigenvalue weighted by molar-refractivity contribution is -0.134. The first-order chi connectivity index (χ1) is 9.90. The van der Waals surface area contributed by atoms with Gasteiger partial charge in [0.05, 0.1) is 6.54 Å². The van der Waals surface area contributed by atoms with Crippen LogP contribution in [0, 0.1) is 11.7 Å². The van der Waals surface area contributed by atoms with Crippen LogP contribution in [0.15, 0.2) is 24.3 Å². The molecule has 0 atom stereocenters. The van der Waals surface area contributed by atoms with Gasteiger partial charge in [0.2, 0.25) is 11.8 Å². The van der Waals surface area contributed by atoms with Crippen LogP contribution < -0.4 is 5.32 Å². The Kier molecular flexibility index (Phi) is 6.85. The van der Waals surface area contributed by atoms with E-state index in [0.717, 1.165) is 6.42 Å². The molecule has 2 amide bonds. The fraction of sp³-hybridized carbons (Fsp3) is 0.500. The number of nitrogens with one attached hydrogen (secondary N) is 1. The van der Waals surface area contributed by atoms with Gasteiger partial charge in [0, 0.05) is 25.6 Å². The van der Waals surface area contributed by atoms with Crippen molar-refractivity contribution in [1.82, 2.24) is 10.2 Å². The van der Waals surface area contributed by atoms with Crippen molar-refractivity contribution in [1.29, 1.82) is 0 Å². The molecule has 1 N–H and O–H groups in total. The molecule has 0 bridgehead atoms. The second-order valence-corrected chi connectivity index (χ2v) is 5.50. The highest BCUT2D eigenvalue weighted by Gasteiger charge is 2.15. The average Bonchev–Trinajstić information content (AvgIpc) is 2.39. The maximum Gasteiger partial charge on any atom is 0.239 e. The zero-order valence-corrected chi connectivity index (χ0v) is 12.9. The quantitative estimate of drug-likeness (QED) is 0.839. The van der Waals surface area contributed by atoms with Gasteiger partial charge >= 0.3 is 0 Å². The number of carbonyl (C=O) groups is 2. The fourth-order valence-electron chi connectivity index (χ4n) is 1.84. The van der Waals surface area contributed by atoms with Gasteiger partial charge in [0.1, 0.15) is 5.82 Å². The van der Waals surface area contributed by atoms with Crippen molar-refractivity contribution in [3.8, 4) is 0 Å². The van der Waals surface area contributed by atoms with Crippen LogP contribution in [-0.4, -0.2) is 29.8 Å². The molecule has 1 aromatic rings. The molecule has 0 aliphatic rings. The number of hydrogen-bond acceptors (Lipinski definition) is 2. The first kappa shape index (κ1) is 17.1. The molecule has 5 heteroatoms. The van der Waals surface area contributed by atoms with Crippen LogP contribution in [-0.2, 0) is 16.1 Å². The molecular weight excluding hydrogens is 271 g/mol. The number of halogens is 1. The van der Waals surface area contributed by atoms with Gasteiger partial charge in [0.15, 0.2) is 0 Å². The number of nitrogens with zero attached hydrogens (tertiary/aromatic N) is 1. The molecule has 0 aromatic heterocycles. The lowest BCUT2D eigenvalue weighted by Gasteiger charge is -2.21. The average molecular weight is 294 g/mol. The summed E-state index contributed by atoms with van der Waals surface area (Å²) in [5.74, 6) is -0.337. The first-order valence-corrected chi connectivity index (χ1v) is 7.15. The van der Waals surface area contributed by atoms with E-state index in [4.69, 9.17) is 0 Å². The summed E-state index contributed by atoms with van der Waals surface area (Å²) in [6, 6.07) is 6.26. The van der Waals surface area contributed by atoms with Crippen molar-refractivity contribution in [3.63, 3.8) is 0 Å². The van der Waals surface area contributed by atoms with Crippen LogP contribution in [0.4, 0.5) is 4.39 Å². The zero-order valence-electron chi connectivity index (χ0n) is 12.9. The lowest BCUT2D eigenvalue weighted by atomic mass is 10.1. The summed E-state index contributed by atoms with van der Waals surface area (Å²) in [5, 5.41) is 2.77. The fourth-order valence-corrected chi connectivity index (χ4v) is 1.84. The first-order valence-electron chi connectivity index (χ1n) is 7.15. The van der Waals surface area contributed by atoms with E-state index in [-0.39, 0.29) is 30.7 Å². The summed E-state index contributed by atoms with van der Waals surface area (Å²) < 4.78 is 13.6. The molecule has 1 rings (SSSR count). The van der Waals surface area contributed by atoms with E-state index in [1.807, 2.05) is 0 Å². The summed E-state index contributed by atoms with van der Waals surface area (Å²) in [6.45, 7) is 6.16. The van der Waals surface area contributed by atoms with Gasteiger partial charge in [-0.2, -0.15) is 0 Å². The Morgan fingerprint density at radius 3 is 2.52 bits per heavy atom. The highest BCUT2D eigenvalue weighted by Crippen LogP contribution is 2.10. The van der Waals surface area contributed by atoms with E-state index in [9.17, 15) is 14.0 Å². The van der Waals surface area contributed by atoms with Gasteiger partial charge < -0.3 is 10.2 Å². The third kappa shape index (κ3) is 6.38. The topological polar surface area (TPSA) is 49.4 Å². The van der Waals surface area contributed by atoms with Crippen LogP contribution in [0.2, 0.25) is 0 Å². The second kappa shape index (κ2) is 8.39. The van der Waals surface area contributed by atoms with E-state index in [0.29, 0.717) is 18.0 Å². The molecule has 0 spiro atoms. The molecule has 0 unspecified atom stereocenters. The van der Waals surface area contributed by atoms with Crippen LogP contribution in [0.25, 0.3) is 0 Å². The van der Waals surface area contributed by atoms with E-state index >= 15 is 0 Å². The highest BCUT2D eigenvalue weighted by atomic mass is 19.1. The second-order valence-electron chi connectivity index (χ2n) is 5.50. The van der Waals surface area contributed by atoms with Crippen LogP contribution in [0.1, 0.15) is 32.8 Å². The highest BCUT2D eigenvalue weighted by molar-refractivity contribution is 5.83. The minimum atomic E-state index is -0.371. The molecule has 4 nitrogen and oxygen atoms in total. The van der Waals surface area contributed by atoms with Crippen LogP contribution >= 0.6 is 0 Å². The molecule has 0 saturated carbocycles. The summed E-state index contributed by atoms with van der Waals surface area (Å²) in [6.07, 6.45) is 0.888. The molecule has 0 radical (unpaired) electrons. The van der Waals surface area contributed by atoms with Gasteiger partial charge in [-0.05, 0) is 18.4 Å². The van der Waals surface area contributed by atoms with Crippen molar-refractivity contribution < 1.29 is 14.0 Å². The third-order valence-electron chi connectivity index (χ3n) is 3.14. The van der Waals surface area contributed by atoms with E-state index in [1.54, 1.807) is 18.2 Å². The molecular formula is C16H23FN2O2. The van der Waals surface area contributed by atoms with Crippen molar-refractivity contribution in [2.24, 2.45) is 5.92 Å². The largest absolute Gasteiger partial charge is 0.355 e.